The van der Waals surface area contributed by atoms with Crippen LogP contribution in [0.4, 0.5) is 5.82 Å². The molecule has 21 heavy (non-hydrogen) atoms. The van der Waals surface area contributed by atoms with E-state index in [9.17, 15) is 10.5 Å². The zero-order valence-electron chi connectivity index (χ0n) is 10.6. The van der Waals surface area contributed by atoms with Crippen LogP contribution in [0.2, 0.25) is 5.15 Å². The second-order valence-electron chi connectivity index (χ2n) is 4.35. The molecule has 0 N–H and O–H groups in total. The van der Waals surface area contributed by atoms with Gasteiger partial charge in [0.1, 0.15) is 22.9 Å². The summed E-state index contributed by atoms with van der Waals surface area (Å²) in [4.78, 5) is 4.09. The lowest BCUT2D eigenvalue weighted by atomic mass is 10.0. The number of hydrogen-bond donors (Lipinski definition) is 0. The Morgan fingerprint density at radius 1 is 1.10 bits per heavy atom. The first-order valence-electron chi connectivity index (χ1n) is 6.00. The SMILES string of the molecule is N#CC1=Nc2c(C#N)c(-c3ccccc3)c(Cl)n2C1C#N. The molecule has 0 amide bonds. The quantitative estimate of drug-likeness (QED) is 0.807. The molecular formula is C15H6ClN5. The summed E-state index contributed by atoms with van der Waals surface area (Å²) in [5.74, 6) is 0.268. The van der Waals surface area contributed by atoms with Crippen LogP contribution in [-0.2, 0) is 0 Å². The van der Waals surface area contributed by atoms with Crippen LogP contribution in [0.25, 0.3) is 11.1 Å². The van der Waals surface area contributed by atoms with Crippen molar-refractivity contribution >= 4 is 23.1 Å². The van der Waals surface area contributed by atoms with Crippen LogP contribution in [-0.4, -0.2) is 10.3 Å². The minimum absolute atomic E-state index is 0.0468. The fraction of sp³-hybridized carbons (Fsp3) is 0.0667. The molecule has 6 heteroatoms. The highest BCUT2D eigenvalue weighted by Crippen LogP contribution is 2.45. The Hall–Kier alpha value is -3.07. The van der Waals surface area contributed by atoms with Crippen molar-refractivity contribution in [2.24, 2.45) is 4.99 Å². The van der Waals surface area contributed by atoms with E-state index in [0.717, 1.165) is 5.56 Å². The van der Waals surface area contributed by atoms with Crippen LogP contribution in [0.3, 0.4) is 0 Å². The molecule has 1 aliphatic heterocycles. The predicted octanol–water partition coefficient (Wildman–Crippen LogP) is 3.35. The summed E-state index contributed by atoms with van der Waals surface area (Å²) in [5, 5.41) is 27.9. The topological polar surface area (TPSA) is 88.7 Å². The molecule has 0 spiro atoms. The van der Waals surface area contributed by atoms with Gasteiger partial charge >= 0.3 is 0 Å². The van der Waals surface area contributed by atoms with Gasteiger partial charge in [-0.3, -0.25) is 4.57 Å². The van der Waals surface area contributed by atoms with E-state index < -0.39 is 6.04 Å². The number of fused-ring (bicyclic) bond motifs is 1. The lowest BCUT2D eigenvalue weighted by Crippen LogP contribution is -2.10. The molecule has 1 aliphatic rings. The fourth-order valence-corrected chi connectivity index (χ4v) is 2.75. The van der Waals surface area contributed by atoms with Gasteiger partial charge in [0.25, 0.3) is 0 Å². The molecule has 0 bridgehead atoms. The maximum Gasteiger partial charge on any atom is 0.176 e. The van der Waals surface area contributed by atoms with E-state index in [0.29, 0.717) is 5.56 Å². The normalized spacial score (nSPS) is 15.5. The monoisotopic (exact) mass is 291 g/mol. The molecule has 1 aromatic carbocycles. The molecule has 2 aromatic rings. The third kappa shape index (κ3) is 1.71. The molecule has 2 heterocycles. The summed E-state index contributed by atoms with van der Waals surface area (Å²) in [7, 11) is 0. The number of nitrogens with zero attached hydrogens (tertiary/aromatic N) is 5. The van der Waals surface area contributed by atoms with Crippen molar-refractivity contribution in [3.05, 3.63) is 41.0 Å². The van der Waals surface area contributed by atoms with Crippen molar-refractivity contribution in [2.75, 3.05) is 0 Å². The van der Waals surface area contributed by atoms with E-state index >= 15 is 0 Å². The summed E-state index contributed by atoms with van der Waals surface area (Å²) < 4.78 is 1.43. The number of aromatic nitrogens is 1. The number of aliphatic imine (C=N–C) groups is 1. The third-order valence-electron chi connectivity index (χ3n) is 3.27. The van der Waals surface area contributed by atoms with Crippen molar-refractivity contribution in [3.63, 3.8) is 0 Å². The van der Waals surface area contributed by atoms with Crippen molar-refractivity contribution < 1.29 is 0 Å². The van der Waals surface area contributed by atoms with Gasteiger partial charge in [-0.2, -0.15) is 15.8 Å². The minimum Gasteiger partial charge on any atom is -0.292 e. The molecule has 0 radical (unpaired) electrons. The van der Waals surface area contributed by atoms with Crippen LogP contribution >= 0.6 is 11.6 Å². The molecule has 0 aliphatic carbocycles. The number of hydrogen-bond acceptors (Lipinski definition) is 4. The first kappa shape index (κ1) is 12.9. The number of rotatable bonds is 1. The summed E-state index contributed by atoms with van der Waals surface area (Å²) >= 11 is 6.36. The molecule has 98 valence electrons. The zero-order valence-corrected chi connectivity index (χ0v) is 11.3. The van der Waals surface area contributed by atoms with Gasteiger partial charge < -0.3 is 0 Å². The van der Waals surface area contributed by atoms with Gasteiger partial charge in [-0.15, -0.1) is 0 Å². The van der Waals surface area contributed by atoms with Crippen LogP contribution in [0, 0.1) is 34.0 Å². The summed E-state index contributed by atoms with van der Waals surface area (Å²) in [6.45, 7) is 0. The Balaban J connectivity index is 2.34. The van der Waals surface area contributed by atoms with Gasteiger partial charge in [0.05, 0.1) is 6.07 Å². The summed E-state index contributed by atoms with van der Waals surface area (Å²) in [5.41, 5.74) is 1.63. The van der Waals surface area contributed by atoms with Gasteiger partial charge in [0.2, 0.25) is 0 Å². The van der Waals surface area contributed by atoms with Gasteiger partial charge in [-0.05, 0) is 5.56 Å². The highest BCUT2D eigenvalue weighted by molar-refractivity contribution is 6.34. The Kier molecular flexibility index (Phi) is 2.95. The number of halogens is 1. The lowest BCUT2D eigenvalue weighted by molar-refractivity contribution is 0.814. The van der Waals surface area contributed by atoms with E-state index in [4.69, 9.17) is 16.9 Å². The van der Waals surface area contributed by atoms with Crippen LogP contribution < -0.4 is 0 Å². The van der Waals surface area contributed by atoms with Crippen molar-refractivity contribution in [1.29, 1.82) is 15.8 Å². The number of nitriles is 3. The first-order chi connectivity index (χ1) is 10.2. The molecular weight excluding hydrogens is 286 g/mol. The first-order valence-corrected chi connectivity index (χ1v) is 6.38. The van der Waals surface area contributed by atoms with Gasteiger partial charge in [-0.1, -0.05) is 41.9 Å². The smallest absolute Gasteiger partial charge is 0.176 e. The molecule has 5 nitrogen and oxygen atoms in total. The molecule has 0 saturated carbocycles. The highest BCUT2D eigenvalue weighted by atomic mass is 35.5. The average Bonchev–Trinajstić information content (AvgIpc) is 3.02. The Labute approximate surface area is 125 Å². The van der Waals surface area contributed by atoms with E-state index in [1.54, 1.807) is 0 Å². The van der Waals surface area contributed by atoms with Crippen LogP contribution in [0.5, 0.6) is 0 Å². The van der Waals surface area contributed by atoms with Crippen LogP contribution in [0.15, 0.2) is 35.3 Å². The van der Waals surface area contributed by atoms with E-state index in [1.165, 1.54) is 4.57 Å². The third-order valence-corrected chi connectivity index (χ3v) is 3.65. The Morgan fingerprint density at radius 3 is 2.38 bits per heavy atom. The Bertz CT molecular complexity index is 887. The fourth-order valence-electron chi connectivity index (χ4n) is 2.37. The Morgan fingerprint density at radius 2 is 1.81 bits per heavy atom. The summed E-state index contributed by atoms with van der Waals surface area (Å²) in [6.07, 6.45) is 0. The molecule has 1 atom stereocenters. The lowest BCUT2D eigenvalue weighted by Gasteiger charge is -2.06. The van der Waals surface area contributed by atoms with E-state index in [2.05, 4.69) is 11.1 Å². The average molecular weight is 292 g/mol. The second kappa shape index (κ2) is 4.80. The molecule has 0 fully saturated rings. The van der Waals surface area contributed by atoms with Gasteiger partial charge in [0, 0.05) is 5.56 Å². The molecule has 1 aromatic heterocycles. The predicted molar refractivity (Wildman–Crippen MR) is 77.0 cm³/mol. The van der Waals surface area contributed by atoms with Gasteiger partial charge in [0.15, 0.2) is 17.6 Å². The van der Waals surface area contributed by atoms with E-state index in [1.807, 2.05) is 42.5 Å². The standard InChI is InChI=1S/C15H6ClN5/c16-14-13(9-4-2-1-3-5-9)10(6-17)15-20-11(7-18)12(8-19)21(14)15/h1-5,12H. The minimum atomic E-state index is -0.887. The maximum atomic E-state index is 9.42. The second-order valence-corrected chi connectivity index (χ2v) is 4.71. The van der Waals surface area contributed by atoms with Crippen molar-refractivity contribution in [3.8, 4) is 29.3 Å². The van der Waals surface area contributed by atoms with Crippen LogP contribution in [0.1, 0.15) is 11.6 Å². The number of benzene rings is 1. The molecule has 3 rings (SSSR count). The highest BCUT2D eigenvalue weighted by Gasteiger charge is 2.34. The summed E-state index contributed by atoms with van der Waals surface area (Å²) in [6, 6.07) is 14.2. The molecule has 1 unspecified atom stereocenters. The van der Waals surface area contributed by atoms with E-state index in [-0.39, 0.29) is 22.2 Å². The van der Waals surface area contributed by atoms with Gasteiger partial charge in [-0.25, -0.2) is 4.99 Å². The van der Waals surface area contributed by atoms with Crippen molar-refractivity contribution in [2.45, 2.75) is 6.04 Å². The van der Waals surface area contributed by atoms with Crippen molar-refractivity contribution in [1.82, 2.24) is 4.57 Å². The largest absolute Gasteiger partial charge is 0.292 e. The molecule has 0 saturated heterocycles. The maximum absolute atomic E-state index is 9.42. The zero-order chi connectivity index (χ0) is 15.0.